The number of hydrogen-bond acceptors (Lipinski definition) is 3. The summed E-state index contributed by atoms with van der Waals surface area (Å²) in [6.07, 6.45) is 0.747. The minimum Gasteiger partial charge on any atom is -0.356 e. The molecular formula is C17H16ClN3O2. The molecule has 0 aliphatic rings. The van der Waals surface area contributed by atoms with Gasteiger partial charge in [-0.3, -0.25) is 0 Å². The summed E-state index contributed by atoms with van der Waals surface area (Å²) in [4.78, 5) is 11.8. The molecule has 2 aromatic carbocycles. The van der Waals surface area contributed by atoms with E-state index in [0.29, 0.717) is 29.4 Å². The van der Waals surface area contributed by atoms with Crippen LogP contribution in [0.3, 0.4) is 0 Å². The number of benzene rings is 2. The second kappa shape index (κ2) is 7.15. The van der Waals surface area contributed by atoms with Gasteiger partial charge in [-0.15, -0.1) is 0 Å². The Balaban J connectivity index is 1.45. The minimum absolute atomic E-state index is 0.231. The third kappa shape index (κ3) is 4.02. The van der Waals surface area contributed by atoms with Gasteiger partial charge in [-0.25, -0.2) is 4.79 Å². The molecule has 0 atom stereocenters. The molecule has 6 heteroatoms. The number of fused-ring (bicyclic) bond motifs is 1. The third-order valence-electron chi connectivity index (χ3n) is 3.48. The molecule has 3 aromatic rings. The number of nitrogens with one attached hydrogen (secondary N) is 2. The fourth-order valence-electron chi connectivity index (χ4n) is 2.26. The van der Waals surface area contributed by atoms with Gasteiger partial charge in [0.15, 0.2) is 5.58 Å². The molecule has 0 fully saturated rings. The van der Waals surface area contributed by atoms with Gasteiger partial charge in [0, 0.05) is 17.0 Å². The van der Waals surface area contributed by atoms with E-state index in [1.54, 1.807) is 0 Å². The maximum Gasteiger partial charge on any atom is 0.315 e. The predicted octanol–water partition coefficient (Wildman–Crippen LogP) is 3.52. The highest BCUT2D eigenvalue weighted by atomic mass is 35.5. The number of urea groups is 1. The van der Waals surface area contributed by atoms with Crippen LogP contribution >= 0.6 is 11.6 Å². The van der Waals surface area contributed by atoms with Crippen molar-refractivity contribution in [1.82, 2.24) is 15.8 Å². The molecular weight excluding hydrogens is 314 g/mol. The molecule has 1 aromatic heterocycles. The van der Waals surface area contributed by atoms with Crippen molar-refractivity contribution < 1.29 is 9.32 Å². The summed E-state index contributed by atoms with van der Waals surface area (Å²) < 4.78 is 5.20. The van der Waals surface area contributed by atoms with E-state index in [4.69, 9.17) is 16.1 Å². The van der Waals surface area contributed by atoms with Crippen molar-refractivity contribution in [2.75, 3.05) is 6.54 Å². The summed E-state index contributed by atoms with van der Waals surface area (Å²) >= 11 is 5.83. The molecule has 5 nitrogen and oxygen atoms in total. The number of halogens is 1. The van der Waals surface area contributed by atoms with Crippen molar-refractivity contribution in [2.24, 2.45) is 0 Å². The van der Waals surface area contributed by atoms with Gasteiger partial charge in [-0.2, -0.15) is 0 Å². The number of para-hydroxylation sites is 1. The fourth-order valence-corrected chi connectivity index (χ4v) is 2.39. The van der Waals surface area contributed by atoms with Crippen LogP contribution in [0.2, 0.25) is 5.02 Å². The van der Waals surface area contributed by atoms with Crippen LogP contribution in [0.5, 0.6) is 0 Å². The van der Waals surface area contributed by atoms with Gasteiger partial charge >= 0.3 is 6.03 Å². The molecule has 0 unspecified atom stereocenters. The first-order valence-electron chi connectivity index (χ1n) is 7.32. The second-order valence-corrected chi connectivity index (χ2v) is 5.55. The van der Waals surface area contributed by atoms with Gasteiger partial charge in [-0.1, -0.05) is 41.0 Å². The first-order chi connectivity index (χ1) is 11.2. The van der Waals surface area contributed by atoms with Crippen LogP contribution in [-0.4, -0.2) is 17.7 Å². The van der Waals surface area contributed by atoms with Crippen molar-refractivity contribution in [3.8, 4) is 0 Å². The van der Waals surface area contributed by atoms with Crippen molar-refractivity contribution in [3.63, 3.8) is 0 Å². The topological polar surface area (TPSA) is 67.2 Å². The zero-order chi connectivity index (χ0) is 16.1. The molecule has 0 spiro atoms. The van der Waals surface area contributed by atoms with E-state index in [1.165, 1.54) is 0 Å². The van der Waals surface area contributed by atoms with Crippen LogP contribution in [0.4, 0.5) is 4.79 Å². The number of hydrogen-bond donors (Lipinski definition) is 2. The van der Waals surface area contributed by atoms with Crippen molar-refractivity contribution in [2.45, 2.75) is 13.0 Å². The number of carbonyl (C=O) groups excluding carboxylic acids is 1. The summed E-state index contributed by atoms with van der Waals surface area (Å²) in [5, 5.41) is 11.2. The lowest BCUT2D eigenvalue weighted by Crippen LogP contribution is -2.36. The van der Waals surface area contributed by atoms with E-state index in [9.17, 15) is 4.79 Å². The number of amides is 2. The summed E-state index contributed by atoms with van der Waals surface area (Å²) in [7, 11) is 0. The molecule has 118 valence electrons. The summed E-state index contributed by atoms with van der Waals surface area (Å²) in [5.74, 6) is 0. The molecule has 3 rings (SSSR count). The Morgan fingerprint density at radius 1 is 1.09 bits per heavy atom. The van der Waals surface area contributed by atoms with Gasteiger partial charge in [0.05, 0.1) is 6.54 Å². The summed E-state index contributed by atoms with van der Waals surface area (Å²) in [6, 6.07) is 14.9. The lowest BCUT2D eigenvalue weighted by Gasteiger charge is -2.06. The monoisotopic (exact) mass is 329 g/mol. The van der Waals surface area contributed by atoms with E-state index in [2.05, 4.69) is 15.8 Å². The molecule has 0 saturated heterocycles. The van der Waals surface area contributed by atoms with Gasteiger partial charge in [-0.05, 0) is 36.2 Å². The lowest BCUT2D eigenvalue weighted by molar-refractivity contribution is 0.240. The Labute approximate surface area is 138 Å². The Kier molecular flexibility index (Phi) is 4.78. The molecule has 0 bridgehead atoms. The molecule has 2 amide bonds. The molecule has 23 heavy (non-hydrogen) atoms. The molecule has 1 heterocycles. The average Bonchev–Trinajstić information content (AvgIpc) is 2.98. The Hall–Kier alpha value is -2.53. The number of carbonyl (C=O) groups is 1. The molecule has 0 radical (unpaired) electrons. The van der Waals surface area contributed by atoms with Crippen LogP contribution in [0.15, 0.2) is 53.1 Å². The molecule has 0 saturated carbocycles. The molecule has 0 aliphatic heterocycles. The third-order valence-corrected chi connectivity index (χ3v) is 3.73. The lowest BCUT2D eigenvalue weighted by atomic mass is 10.1. The first kappa shape index (κ1) is 15.4. The van der Waals surface area contributed by atoms with Gasteiger partial charge < -0.3 is 15.2 Å². The standard InChI is InChI=1S/C17H16ClN3O2/c18-13-7-5-12(6-8-13)9-10-19-17(22)20-11-15-14-3-1-2-4-16(14)23-21-15/h1-8H,9-11H2,(H2,19,20,22). The van der Waals surface area contributed by atoms with Gasteiger partial charge in [0.1, 0.15) is 5.69 Å². The summed E-state index contributed by atoms with van der Waals surface area (Å²) in [6.45, 7) is 0.872. The van der Waals surface area contributed by atoms with Crippen LogP contribution in [0, 0.1) is 0 Å². The maximum absolute atomic E-state index is 11.8. The Morgan fingerprint density at radius 2 is 1.87 bits per heavy atom. The first-order valence-corrected chi connectivity index (χ1v) is 7.69. The normalized spacial score (nSPS) is 10.7. The van der Waals surface area contributed by atoms with E-state index >= 15 is 0 Å². The zero-order valence-corrected chi connectivity index (χ0v) is 13.1. The molecule has 0 aliphatic carbocycles. The van der Waals surface area contributed by atoms with E-state index < -0.39 is 0 Å². The Bertz CT molecular complexity index is 799. The number of rotatable bonds is 5. The maximum atomic E-state index is 11.8. The molecule has 2 N–H and O–H groups in total. The van der Waals surface area contributed by atoms with Crippen molar-refractivity contribution in [1.29, 1.82) is 0 Å². The van der Waals surface area contributed by atoms with Crippen molar-refractivity contribution >= 4 is 28.6 Å². The highest BCUT2D eigenvalue weighted by Crippen LogP contribution is 2.17. The van der Waals surface area contributed by atoms with Crippen molar-refractivity contribution in [3.05, 3.63) is 64.8 Å². The highest BCUT2D eigenvalue weighted by Gasteiger charge is 2.08. The van der Waals surface area contributed by atoms with Crippen LogP contribution in [-0.2, 0) is 13.0 Å². The smallest absolute Gasteiger partial charge is 0.315 e. The van der Waals surface area contributed by atoms with Crippen LogP contribution in [0.25, 0.3) is 11.0 Å². The fraction of sp³-hybridized carbons (Fsp3) is 0.176. The largest absolute Gasteiger partial charge is 0.356 e. The summed E-state index contributed by atoms with van der Waals surface area (Å²) in [5.41, 5.74) is 2.55. The average molecular weight is 330 g/mol. The van der Waals surface area contributed by atoms with E-state index in [0.717, 1.165) is 17.4 Å². The van der Waals surface area contributed by atoms with Crippen LogP contribution < -0.4 is 10.6 Å². The minimum atomic E-state index is -0.231. The second-order valence-electron chi connectivity index (χ2n) is 5.11. The highest BCUT2D eigenvalue weighted by molar-refractivity contribution is 6.30. The van der Waals surface area contributed by atoms with Gasteiger partial charge in [0.2, 0.25) is 0 Å². The Morgan fingerprint density at radius 3 is 2.70 bits per heavy atom. The number of aromatic nitrogens is 1. The predicted molar refractivity (Wildman–Crippen MR) is 89.4 cm³/mol. The SMILES string of the molecule is O=C(NCCc1ccc(Cl)cc1)NCc1noc2ccccc12. The van der Waals surface area contributed by atoms with E-state index in [1.807, 2.05) is 48.5 Å². The van der Waals surface area contributed by atoms with Crippen LogP contribution in [0.1, 0.15) is 11.3 Å². The van der Waals surface area contributed by atoms with E-state index in [-0.39, 0.29) is 6.03 Å². The quantitative estimate of drug-likeness (QED) is 0.752. The number of nitrogens with zero attached hydrogens (tertiary/aromatic N) is 1. The van der Waals surface area contributed by atoms with Gasteiger partial charge in [0.25, 0.3) is 0 Å². The zero-order valence-electron chi connectivity index (χ0n) is 12.4.